The zero-order chi connectivity index (χ0) is 9.64. The maximum atomic E-state index is 2.18. The van der Waals surface area contributed by atoms with Gasteiger partial charge in [-0.05, 0) is 24.0 Å². The zero-order valence-corrected chi connectivity index (χ0v) is 11.1. The van der Waals surface area contributed by atoms with Gasteiger partial charge in [0.25, 0.3) is 0 Å². The van der Waals surface area contributed by atoms with Crippen molar-refractivity contribution in [2.75, 3.05) is 0 Å². The minimum absolute atomic E-state index is 0. The van der Waals surface area contributed by atoms with E-state index in [1.807, 2.05) is 0 Å². The van der Waals surface area contributed by atoms with Crippen molar-refractivity contribution in [3.05, 3.63) is 71.8 Å². The first-order chi connectivity index (χ1) is 6.95. The number of benzene rings is 2. The Bertz CT molecular complexity index is 328. The molecule has 74 valence electrons. The Labute approximate surface area is 110 Å². The molecule has 2 rings (SSSR count). The summed E-state index contributed by atoms with van der Waals surface area (Å²) in [6.45, 7) is 0. The van der Waals surface area contributed by atoms with Crippen LogP contribution in [-0.2, 0) is 39.0 Å². The Morgan fingerprint density at radius 1 is 0.533 bits per heavy atom. The van der Waals surface area contributed by atoms with Crippen molar-refractivity contribution in [1.82, 2.24) is 0 Å². The van der Waals surface area contributed by atoms with Gasteiger partial charge in [0.05, 0.1) is 0 Å². The summed E-state index contributed by atoms with van der Waals surface area (Å²) in [5.74, 6) is 0. The summed E-state index contributed by atoms with van der Waals surface area (Å²) < 4.78 is 0. The largest absolute Gasteiger partial charge is 0.0622 e. The first kappa shape index (κ1) is 12.4. The summed E-state index contributed by atoms with van der Waals surface area (Å²) in [5, 5.41) is 0. The smallest absolute Gasteiger partial charge is 0 e. The van der Waals surface area contributed by atoms with Gasteiger partial charge in [-0.1, -0.05) is 60.7 Å². The molecule has 1 heteroatoms. The second-order valence-corrected chi connectivity index (χ2v) is 3.47. The second-order valence-electron chi connectivity index (χ2n) is 3.47. The fourth-order valence-corrected chi connectivity index (χ4v) is 1.58. The molecular formula is C14H14Zr. The van der Waals surface area contributed by atoms with Crippen molar-refractivity contribution < 1.29 is 26.2 Å². The molecule has 0 N–H and O–H groups in total. The maximum Gasteiger partial charge on any atom is 0 e. The van der Waals surface area contributed by atoms with Gasteiger partial charge in [-0.25, -0.2) is 0 Å². The van der Waals surface area contributed by atoms with Gasteiger partial charge in [-0.15, -0.1) is 0 Å². The SMILES string of the molecule is [Zr].c1ccc(CCc2ccccc2)cc1. The monoisotopic (exact) mass is 272 g/mol. The molecule has 0 aromatic heterocycles. The molecular weight excluding hydrogens is 259 g/mol. The zero-order valence-electron chi connectivity index (χ0n) is 8.69. The van der Waals surface area contributed by atoms with Gasteiger partial charge in [0.2, 0.25) is 0 Å². The fraction of sp³-hybridized carbons (Fsp3) is 0.143. The quantitative estimate of drug-likeness (QED) is 0.803. The Hall–Kier alpha value is -0.677. The molecule has 0 unspecified atom stereocenters. The Morgan fingerprint density at radius 3 is 1.20 bits per heavy atom. The van der Waals surface area contributed by atoms with E-state index in [0.717, 1.165) is 12.8 Å². The molecule has 0 spiro atoms. The Kier molecular flexibility index (Phi) is 5.57. The molecule has 0 fully saturated rings. The summed E-state index contributed by atoms with van der Waals surface area (Å²) in [6.07, 6.45) is 2.26. The van der Waals surface area contributed by atoms with Crippen molar-refractivity contribution in [3.63, 3.8) is 0 Å². The predicted molar refractivity (Wildman–Crippen MR) is 60.3 cm³/mol. The number of rotatable bonds is 3. The molecule has 0 saturated heterocycles. The van der Waals surface area contributed by atoms with Crippen LogP contribution in [0, 0.1) is 0 Å². The van der Waals surface area contributed by atoms with Gasteiger partial charge in [0.1, 0.15) is 0 Å². The van der Waals surface area contributed by atoms with Crippen LogP contribution in [0.2, 0.25) is 0 Å². The molecule has 2 aromatic rings. The third-order valence-corrected chi connectivity index (χ3v) is 2.39. The van der Waals surface area contributed by atoms with Crippen LogP contribution in [0.3, 0.4) is 0 Å². The van der Waals surface area contributed by atoms with Gasteiger partial charge in [-0.3, -0.25) is 0 Å². The summed E-state index contributed by atoms with van der Waals surface area (Å²) >= 11 is 0. The molecule has 0 radical (unpaired) electrons. The van der Waals surface area contributed by atoms with Crippen molar-refractivity contribution in [2.45, 2.75) is 12.8 Å². The average Bonchev–Trinajstić information content (AvgIpc) is 2.29. The predicted octanol–water partition coefficient (Wildman–Crippen LogP) is 3.47. The summed E-state index contributed by atoms with van der Waals surface area (Å²) in [5.41, 5.74) is 2.83. The first-order valence-electron chi connectivity index (χ1n) is 5.03. The van der Waals surface area contributed by atoms with Crippen LogP contribution in [0.15, 0.2) is 60.7 Å². The second kappa shape index (κ2) is 6.74. The Balaban J connectivity index is 0.00000112. The average molecular weight is 273 g/mol. The normalized spacial score (nSPS) is 9.33. The first-order valence-corrected chi connectivity index (χ1v) is 5.03. The molecule has 0 amide bonds. The number of aryl methyl sites for hydroxylation is 2. The van der Waals surface area contributed by atoms with E-state index in [2.05, 4.69) is 60.7 Å². The fourth-order valence-electron chi connectivity index (χ4n) is 1.58. The van der Waals surface area contributed by atoms with Gasteiger partial charge < -0.3 is 0 Å². The van der Waals surface area contributed by atoms with Crippen LogP contribution in [-0.4, -0.2) is 0 Å². The maximum absolute atomic E-state index is 2.18. The van der Waals surface area contributed by atoms with E-state index in [0.29, 0.717) is 0 Å². The van der Waals surface area contributed by atoms with E-state index in [9.17, 15) is 0 Å². The van der Waals surface area contributed by atoms with Crippen molar-refractivity contribution >= 4 is 0 Å². The molecule has 0 bridgehead atoms. The number of hydrogen-bond donors (Lipinski definition) is 0. The third kappa shape index (κ3) is 4.14. The molecule has 0 saturated carbocycles. The molecule has 2 aromatic carbocycles. The molecule has 0 aliphatic heterocycles. The standard InChI is InChI=1S/C14H14.Zr/c1-3-7-13(8-4-1)11-12-14-9-5-2-6-10-14;/h1-10H,11-12H2;. The molecule has 0 heterocycles. The Morgan fingerprint density at radius 2 is 0.867 bits per heavy atom. The van der Waals surface area contributed by atoms with Gasteiger partial charge in [-0.2, -0.15) is 0 Å². The third-order valence-electron chi connectivity index (χ3n) is 2.39. The topological polar surface area (TPSA) is 0 Å². The van der Waals surface area contributed by atoms with Crippen molar-refractivity contribution in [1.29, 1.82) is 0 Å². The van der Waals surface area contributed by atoms with Crippen LogP contribution in [0.1, 0.15) is 11.1 Å². The molecule has 15 heavy (non-hydrogen) atoms. The van der Waals surface area contributed by atoms with E-state index in [4.69, 9.17) is 0 Å². The van der Waals surface area contributed by atoms with Crippen molar-refractivity contribution in [3.8, 4) is 0 Å². The molecule has 0 aliphatic rings. The molecule has 0 atom stereocenters. The van der Waals surface area contributed by atoms with Crippen LogP contribution >= 0.6 is 0 Å². The van der Waals surface area contributed by atoms with Crippen LogP contribution in [0.5, 0.6) is 0 Å². The summed E-state index contributed by atoms with van der Waals surface area (Å²) in [6, 6.07) is 21.2. The van der Waals surface area contributed by atoms with Crippen LogP contribution in [0.4, 0.5) is 0 Å². The van der Waals surface area contributed by atoms with Crippen molar-refractivity contribution in [2.24, 2.45) is 0 Å². The van der Waals surface area contributed by atoms with Gasteiger partial charge in [0, 0.05) is 26.2 Å². The summed E-state index contributed by atoms with van der Waals surface area (Å²) in [7, 11) is 0. The van der Waals surface area contributed by atoms with E-state index in [1.54, 1.807) is 0 Å². The van der Waals surface area contributed by atoms with Crippen LogP contribution in [0.25, 0.3) is 0 Å². The summed E-state index contributed by atoms with van der Waals surface area (Å²) in [4.78, 5) is 0. The van der Waals surface area contributed by atoms with Gasteiger partial charge in [0.15, 0.2) is 0 Å². The van der Waals surface area contributed by atoms with E-state index >= 15 is 0 Å². The number of hydrogen-bond acceptors (Lipinski definition) is 0. The van der Waals surface area contributed by atoms with Crippen LogP contribution < -0.4 is 0 Å². The molecule has 0 aliphatic carbocycles. The molecule has 0 nitrogen and oxygen atoms in total. The minimum Gasteiger partial charge on any atom is -0.0622 e. The van der Waals surface area contributed by atoms with E-state index in [1.165, 1.54) is 11.1 Å². The van der Waals surface area contributed by atoms with E-state index < -0.39 is 0 Å². The van der Waals surface area contributed by atoms with E-state index in [-0.39, 0.29) is 26.2 Å². The van der Waals surface area contributed by atoms with Gasteiger partial charge >= 0.3 is 0 Å². The minimum atomic E-state index is 0.